The molecule has 1 N–H and O–H groups in total. The molecule has 0 aliphatic heterocycles. The summed E-state index contributed by atoms with van der Waals surface area (Å²) in [5.74, 6) is 1.53. The van der Waals surface area contributed by atoms with E-state index in [-0.39, 0.29) is 0 Å². The second-order valence-electron chi connectivity index (χ2n) is 5.04. The molecule has 0 bridgehead atoms. The molecule has 0 saturated carbocycles. The van der Waals surface area contributed by atoms with Gasteiger partial charge in [0.05, 0.1) is 5.69 Å². The van der Waals surface area contributed by atoms with Gasteiger partial charge in [-0.15, -0.1) is 0 Å². The minimum atomic E-state index is 0.717. The van der Waals surface area contributed by atoms with Gasteiger partial charge in [-0.3, -0.25) is 0 Å². The Balaban J connectivity index is 1.86. The monoisotopic (exact) mass is 269 g/mol. The van der Waals surface area contributed by atoms with Gasteiger partial charge in [0.2, 0.25) is 5.88 Å². The number of ether oxygens (including phenoxy) is 1. The lowest BCUT2D eigenvalue weighted by Crippen LogP contribution is -2.01. The van der Waals surface area contributed by atoms with Gasteiger partial charge in [0.25, 0.3) is 0 Å². The summed E-state index contributed by atoms with van der Waals surface area (Å²) < 4.78 is 5.95. The second-order valence-corrected chi connectivity index (χ2v) is 5.04. The zero-order chi connectivity index (χ0) is 13.8. The first kappa shape index (κ1) is 12.9. The van der Waals surface area contributed by atoms with Crippen LogP contribution in [0.5, 0.6) is 11.6 Å². The van der Waals surface area contributed by atoms with Crippen molar-refractivity contribution in [2.45, 2.75) is 32.1 Å². The Morgan fingerprint density at radius 3 is 2.60 bits per heavy atom. The Morgan fingerprint density at radius 1 is 1.00 bits per heavy atom. The Labute approximate surface area is 119 Å². The van der Waals surface area contributed by atoms with Crippen LogP contribution in [-0.2, 0) is 12.8 Å². The zero-order valence-electron chi connectivity index (χ0n) is 11.7. The fourth-order valence-corrected chi connectivity index (χ4v) is 2.56. The number of nitrogens with one attached hydrogen (secondary N) is 1. The molecule has 0 amide bonds. The average molecular weight is 269 g/mol. The fraction of sp³-hybridized carbons (Fsp3) is 0.375. The standard InChI is InChI=1S/C16H19N3O/c1-17-12-7-9-13(10-8-12)20-16-14-5-3-2-4-6-15(14)18-11-19-16/h7-11,17H,2-6H2,1H3. The summed E-state index contributed by atoms with van der Waals surface area (Å²) in [5, 5.41) is 3.10. The van der Waals surface area contributed by atoms with Crippen LogP contribution < -0.4 is 10.1 Å². The highest BCUT2D eigenvalue weighted by molar-refractivity contribution is 5.46. The van der Waals surface area contributed by atoms with Gasteiger partial charge >= 0.3 is 0 Å². The largest absolute Gasteiger partial charge is 0.439 e. The normalized spacial score (nSPS) is 14.2. The van der Waals surface area contributed by atoms with Gasteiger partial charge in [0.1, 0.15) is 12.1 Å². The van der Waals surface area contributed by atoms with E-state index in [4.69, 9.17) is 4.74 Å². The molecule has 1 heterocycles. The molecule has 0 radical (unpaired) electrons. The molecular formula is C16H19N3O. The van der Waals surface area contributed by atoms with Crippen molar-refractivity contribution in [1.29, 1.82) is 0 Å². The number of aryl methyl sites for hydroxylation is 1. The second kappa shape index (κ2) is 5.90. The molecule has 4 heteroatoms. The van der Waals surface area contributed by atoms with E-state index in [0.717, 1.165) is 30.0 Å². The Morgan fingerprint density at radius 2 is 1.80 bits per heavy atom. The van der Waals surface area contributed by atoms with E-state index in [1.165, 1.54) is 24.8 Å². The first-order valence-electron chi connectivity index (χ1n) is 7.15. The van der Waals surface area contributed by atoms with E-state index in [9.17, 15) is 0 Å². The summed E-state index contributed by atoms with van der Waals surface area (Å²) in [4.78, 5) is 8.73. The first-order valence-corrected chi connectivity index (χ1v) is 7.15. The summed E-state index contributed by atoms with van der Waals surface area (Å²) in [7, 11) is 1.90. The maximum atomic E-state index is 5.95. The lowest BCUT2D eigenvalue weighted by atomic mass is 10.1. The van der Waals surface area contributed by atoms with Crippen LogP contribution >= 0.6 is 0 Å². The number of hydrogen-bond acceptors (Lipinski definition) is 4. The van der Waals surface area contributed by atoms with Crippen LogP contribution in [0.25, 0.3) is 0 Å². The lowest BCUT2D eigenvalue weighted by Gasteiger charge is -2.11. The number of benzene rings is 1. The molecule has 3 rings (SSSR count). The molecule has 2 aromatic rings. The predicted octanol–water partition coefficient (Wildman–Crippen LogP) is 3.58. The number of fused-ring (bicyclic) bond motifs is 1. The van der Waals surface area contributed by atoms with Crippen LogP contribution in [0.1, 0.15) is 30.5 Å². The molecule has 1 aromatic heterocycles. The van der Waals surface area contributed by atoms with Crippen molar-refractivity contribution in [2.24, 2.45) is 0 Å². The molecule has 20 heavy (non-hydrogen) atoms. The quantitative estimate of drug-likeness (QED) is 0.865. The van der Waals surface area contributed by atoms with Crippen molar-refractivity contribution in [3.8, 4) is 11.6 Å². The van der Waals surface area contributed by atoms with Crippen molar-refractivity contribution >= 4 is 5.69 Å². The zero-order valence-corrected chi connectivity index (χ0v) is 11.7. The summed E-state index contributed by atoms with van der Waals surface area (Å²) in [6, 6.07) is 7.90. The topological polar surface area (TPSA) is 47.0 Å². The van der Waals surface area contributed by atoms with Gasteiger partial charge in [-0.25, -0.2) is 9.97 Å². The third-order valence-corrected chi connectivity index (χ3v) is 3.69. The molecule has 4 nitrogen and oxygen atoms in total. The minimum absolute atomic E-state index is 0.717. The van der Waals surface area contributed by atoms with Crippen molar-refractivity contribution in [1.82, 2.24) is 9.97 Å². The van der Waals surface area contributed by atoms with Crippen molar-refractivity contribution in [3.63, 3.8) is 0 Å². The molecule has 1 aromatic carbocycles. The third-order valence-electron chi connectivity index (χ3n) is 3.69. The highest BCUT2D eigenvalue weighted by atomic mass is 16.5. The third kappa shape index (κ3) is 2.74. The molecule has 0 spiro atoms. The van der Waals surface area contributed by atoms with Crippen LogP contribution in [0.4, 0.5) is 5.69 Å². The van der Waals surface area contributed by atoms with Gasteiger partial charge in [-0.1, -0.05) is 6.42 Å². The van der Waals surface area contributed by atoms with Gasteiger partial charge in [0, 0.05) is 18.3 Å². The van der Waals surface area contributed by atoms with Crippen LogP contribution in [0.15, 0.2) is 30.6 Å². The molecule has 0 atom stereocenters. The van der Waals surface area contributed by atoms with E-state index < -0.39 is 0 Å². The first-order chi connectivity index (χ1) is 9.86. The van der Waals surface area contributed by atoms with Crippen molar-refractivity contribution in [3.05, 3.63) is 41.9 Å². The summed E-state index contributed by atoms with van der Waals surface area (Å²) in [5.41, 5.74) is 3.40. The molecule has 1 aliphatic rings. The van der Waals surface area contributed by atoms with Gasteiger partial charge < -0.3 is 10.1 Å². The van der Waals surface area contributed by atoms with Crippen LogP contribution in [-0.4, -0.2) is 17.0 Å². The highest BCUT2D eigenvalue weighted by Crippen LogP contribution is 2.29. The SMILES string of the molecule is CNc1ccc(Oc2ncnc3c2CCCCC3)cc1. The molecule has 1 aliphatic carbocycles. The van der Waals surface area contributed by atoms with E-state index in [1.807, 2.05) is 31.3 Å². The van der Waals surface area contributed by atoms with E-state index in [1.54, 1.807) is 6.33 Å². The van der Waals surface area contributed by atoms with Crippen LogP contribution in [0, 0.1) is 0 Å². The van der Waals surface area contributed by atoms with E-state index >= 15 is 0 Å². The van der Waals surface area contributed by atoms with Crippen LogP contribution in [0.3, 0.4) is 0 Å². The van der Waals surface area contributed by atoms with Gasteiger partial charge in [-0.2, -0.15) is 0 Å². The van der Waals surface area contributed by atoms with Gasteiger partial charge in [-0.05, 0) is 49.9 Å². The van der Waals surface area contributed by atoms with E-state index in [0.29, 0.717) is 5.88 Å². The van der Waals surface area contributed by atoms with Crippen molar-refractivity contribution in [2.75, 3.05) is 12.4 Å². The lowest BCUT2D eigenvalue weighted by molar-refractivity contribution is 0.453. The maximum Gasteiger partial charge on any atom is 0.225 e. The van der Waals surface area contributed by atoms with Crippen molar-refractivity contribution < 1.29 is 4.74 Å². The highest BCUT2D eigenvalue weighted by Gasteiger charge is 2.15. The number of anilines is 1. The number of hydrogen-bond donors (Lipinski definition) is 1. The molecular weight excluding hydrogens is 250 g/mol. The Bertz CT molecular complexity index is 581. The molecule has 0 fully saturated rings. The Kier molecular flexibility index (Phi) is 3.81. The fourth-order valence-electron chi connectivity index (χ4n) is 2.56. The summed E-state index contributed by atoms with van der Waals surface area (Å²) in [6.45, 7) is 0. The Hall–Kier alpha value is -2.10. The summed E-state index contributed by atoms with van der Waals surface area (Å²) >= 11 is 0. The van der Waals surface area contributed by atoms with Gasteiger partial charge in [0.15, 0.2) is 0 Å². The van der Waals surface area contributed by atoms with Crippen LogP contribution in [0.2, 0.25) is 0 Å². The number of aromatic nitrogens is 2. The molecule has 104 valence electrons. The average Bonchev–Trinajstić information content (AvgIpc) is 2.74. The minimum Gasteiger partial charge on any atom is -0.439 e. The molecule has 0 unspecified atom stereocenters. The number of rotatable bonds is 3. The smallest absolute Gasteiger partial charge is 0.225 e. The molecule has 0 saturated heterocycles. The maximum absolute atomic E-state index is 5.95. The number of nitrogens with zero attached hydrogens (tertiary/aromatic N) is 2. The summed E-state index contributed by atoms with van der Waals surface area (Å²) in [6.07, 6.45) is 7.32. The predicted molar refractivity (Wildman–Crippen MR) is 79.4 cm³/mol. The van der Waals surface area contributed by atoms with E-state index in [2.05, 4.69) is 15.3 Å².